The predicted octanol–water partition coefficient (Wildman–Crippen LogP) is 4.36. The minimum atomic E-state index is 0.376. The summed E-state index contributed by atoms with van der Waals surface area (Å²) in [4.78, 5) is 0. The standard InChI is InChI=1S/C18H21N/c1-15-10-12-18(13-11-15)16(2)19-14-6-9-17-7-4-3-5-8-17/h3-13,16,19H,14H2,1-2H3/b9-6+/t16-/m0/s1. The van der Waals surface area contributed by atoms with Gasteiger partial charge in [0.1, 0.15) is 0 Å². The van der Waals surface area contributed by atoms with Gasteiger partial charge >= 0.3 is 0 Å². The van der Waals surface area contributed by atoms with Gasteiger partial charge in [0.2, 0.25) is 0 Å². The number of hydrogen-bond donors (Lipinski definition) is 1. The first-order valence-electron chi connectivity index (χ1n) is 6.77. The Morgan fingerprint density at radius 2 is 1.68 bits per heavy atom. The molecular formula is C18H21N. The maximum absolute atomic E-state index is 3.50. The third kappa shape index (κ3) is 4.38. The molecule has 0 aliphatic heterocycles. The molecule has 2 rings (SSSR count). The predicted molar refractivity (Wildman–Crippen MR) is 83.1 cm³/mol. The van der Waals surface area contributed by atoms with Gasteiger partial charge in [-0.2, -0.15) is 0 Å². The SMILES string of the molecule is Cc1ccc([C@H](C)NC/C=C/c2ccccc2)cc1. The summed E-state index contributed by atoms with van der Waals surface area (Å²) >= 11 is 0. The van der Waals surface area contributed by atoms with Crippen molar-refractivity contribution in [2.75, 3.05) is 6.54 Å². The van der Waals surface area contributed by atoms with Crippen molar-refractivity contribution in [3.63, 3.8) is 0 Å². The van der Waals surface area contributed by atoms with E-state index in [0.717, 1.165) is 6.54 Å². The quantitative estimate of drug-likeness (QED) is 0.832. The fraction of sp³-hybridized carbons (Fsp3) is 0.222. The molecule has 0 radical (unpaired) electrons. The normalized spacial score (nSPS) is 12.7. The van der Waals surface area contributed by atoms with Crippen molar-refractivity contribution in [3.05, 3.63) is 77.4 Å². The van der Waals surface area contributed by atoms with Gasteiger partial charge in [0, 0.05) is 12.6 Å². The zero-order chi connectivity index (χ0) is 13.5. The van der Waals surface area contributed by atoms with Crippen LogP contribution in [0.3, 0.4) is 0 Å². The molecule has 0 fully saturated rings. The molecule has 1 heteroatoms. The summed E-state index contributed by atoms with van der Waals surface area (Å²) in [5, 5.41) is 3.50. The highest BCUT2D eigenvalue weighted by molar-refractivity contribution is 5.48. The average Bonchev–Trinajstić information content (AvgIpc) is 2.45. The average molecular weight is 251 g/mol. The molecule has 0 bridgehead atoms. The molecule has 0 saturated heterocycles. The van der Waals surface area contributed by atoms with Gasteiger partial charge in [-0.3, -0.25) is 0 Å². The summed E-state index contributed by atoms with van der Waals surface area (Å²) in [6.07, 6.45) is 4.31. The highest BCUT2D eigenvalue weighted by Crippen LogP contribution is 2.12. The molecule has 0 spiro atoms. The number of rotatable bonds is 5. The Morgan fingerprint density at radius 1 is 1.00 bits per heavy atom. The van der Waals surface area contributed by atoms with Gasteiger partial charge in [-0.15, -0.1) is 0 Å². The molecule has 98 valence electrons. The highest BCUT2D eigenvalue weighted by Gasteiger charge is 2.02. The fourth-order valence-electron chi connectivity index (χ4n) is 1.98. The summed E-state index contributed by atoms with van der Waals surface area (Å²) in [7, 11) is 0. The smallest absolute Gasteiger partial charge is 0.0294 e. The largest absolute Gasteiger partial charge is 0.307 e. The van der Waals surface area contributed by atoms with Gasteiger partial charge in [0.15, 0.2) is 0 Å². The van der Waals surface area contributed by atoms with Crippen LogP contribution in [0.2, 0.25) is 0 Å². The monoisotopic (exact) mass is 251 g/mol. The zero-order valence-corrected chi connectivity index (χ0v) is 11.6. The molecule has 19 heavy (non-hydrogen) atoms. The number of aryl methyl sites for hydroxylation is 1. The molecule has 2 aromatic carbocycles. The third-order valence-electron chi connectivity index (χ3n) is 3.23. The molecule has 0 amide bonds. The Hall–Kier alpha value is -1.86. The summed E-state index contributed by atoms with van der Waals surface area (Å²) in [6, 6.07) is 19.4. The van der Waals surface area contributed by atoms with Crippen LogP contribution in [0.5, 0.6) is 0 Å². The number of nitrogens with one attached hydrogen (secondary N) is 1. The zero-order valence-electron chi connectivity index (χ0n) is 11.6. The van der Waals surface area contributed by atoms with Gasteiger partial charge in [-0.1, -0.05) is 72.3 Å². The van der Waals surface area contributed by atoms with Crippen molar-refractivity contribution in [2.24, 2.45) is 0 Å². The van der Waals surface area contributed by atoms with Crippen LogP contribution in [-0.2, 0) is 0 Å². The van der Waals surface area contributed by atoms with Gasteiger partial charge in [-0.25, -0.2) is 0 Å². The number of hydrogen-bond acceptors (Lipinski definition) is 1. The Bertz CT molecular complexity index is 511. The van der Waals surface area contributed by atoms with E-state index in [9.17, 15) is 0 Å². The maximum atomic E-state index is 3.50. The van der Waals surface area contributed by atoms with Crippen molar-refractivity contribution < 1.29 is 0 Å². The lowest BCUT2D eigenvalue weighted by Gasteiger charge is -2.12. The van der Waals surface area contributed by atoms with E-state index in [1.54, 1.807) is 0 Å². The molecule has 0 saturated carbocycles. The van der Waals surface area contributed by atoms with Gasteiger partial charge in [-0.05, 0) is 25.0 Å². The van der Waals surface area contributed by atoms with Crippen LogP contribution < -0.4 is 5.32 Å². The lowest BCUT2D eigenvalue weighted by atomic mass is 10.1. The summed E-state index contributed by atoms with van der Waals surface area (Å²) in [6.45, 7) is 5.19. The lowest BCUT2D eigenvalue weighted by Crippen LogP contribution is -2.18. The summed E-state index contributed by atoms with van der Waals surface area (Å²) in [5.41, 5.74) is 3.88. The molecule has 1 N–H and O–H groups in total. The van der Waals surface area contributed by atoms with Crippen LogP contribution in [0.4, 0.5) is 0 Å². The molecule has 2 aromatic rings. The van der Waals surface area contributed by atoms with Crippen LogP contribution in [0.1, 0.15) is 29.7 Å². The van der Waals surface area contributed by atoms with E-state index in [1.807, 2.05) is 6.07 Å². The Morgan fingerprint density at radius 3 is 2.37 bits per heavy atom. The minimum Gasteiger partial charge on any atom is -0.307 e. The topological polar surface area (TPSA) is 12.0 Å². The second-order valence-electron chi connectivity index (χ2n) is 4.85. The summed E-state index contributed by atoms with van der Waals surface area (Å²) in [5.74, 6) is 0. The van der Waals surface area contributed by atoms with Crippen molar-refractivity contribution in [3.8, 4) is 0 Å². The lowest BCUT2D eigenvalue weighted by molar-refractivity contribution is 0.618. The van der Waals surface area contributed by atoms with Crippen LogP contribution in [0, 0.1) is 6.92 Å². The molecular weight excluding hydrogens is 230 g/mol. The van der Waals surface area contributed by atoms with E-state index in [4.69, 9.17) is 0 Å². The molecule has 0 aliphatic rings. The fourth-order valence-corrected chi connectivity index (χ4v) is 1.98. The van der Waals surface area contributed by atoms with Crippen LogP contribution in [-0.4, -0.2) is 6.54 Å². The van der Waals surface area contributed by atoms with Crippen LogP contribution in [0.15, 0.2) is 60.7 Å². The maximum Gasteiger partial charge on any atom is 0.0294 e. The Balaban J connectivity index is 1.82. The van der Waals surface area contributed by atoms with E-state index in [2.05, 4.69) is 79.8 Å². The molecule has 0 aromatic heterocycles. The molecule has 0 aliphatic carbocycles. The van der Waals surface area contributed by atoms with Crippen molar-refractivity contribution in [2.45, 2.75) is 19.9 Å². The first-order valence-corrected chi connectivity index (χ1v) is 6.77. The second-order valence-corrected chi connectivity index (χ2v) is 4.85. The van der Waals surface area contributed by atoms with Crippen molar-refractivity contribution >= 4 is 6.08 Å². The van der Waals surface area contributed by atoms with E-state index in [-0.39, 0.29) is 0 Å². The summed E-state index contributed by atoms with van der Waals surface area (Å²) < 4.78 is 0. The van der Waals surface area contributed by atoms with E-state index >= 15 is 0 Å². The van der Waals surface area contributed by atoms with E-state index in [0.29, 0.717) is 6.04 Å². The highest BCUT2D eigenvalue weighted by atomic mass is 14.9. The van der Waals surface area contributed by atoms with Crippen molar-refractivity contribution in [1.29, 1.82) is 0 Å². The second kappa shape index (κ2) is 6.91. The first kappa shape index (κ1) is 13.6. The minimum absolute atomic E-state index is 0.376. The van der Waals surface area contributed by atoms with E-state index < -0.39 is 0 Å². The van der Waals surface area contributed by atoms with Crippen molar-refractivity contribution in [1.82, 2.24) is 5.32 Å². The molecule has 0 heterocycles. The van der Waals surface area contributed by atoms with Crippen LogP contribution in [0.25, 0.3) is 6.08 Å². The number of benzene rings is 2. The Labute approximate surface area is 116 Å². The molecule has 1 atom stereocenters. The van der Waals surface area contributed by atoms with E-state index in [1.165, 1.54) is 16.7 Å². The molecule has 1 nitrogen and oxygen atoms in total. The Kier molecular flexibility index (Phi) is 4.93. The van der Waals surface area contributed by atoms with Crippen LogP contribution >= 0.6 is 0 Å². The molecule has 0 unspecified atom stereocenters. The first-order chi connectivity index (χ1) is 9.25. The van der Waals surface area contributed by atoms with Gasteiger partial charge in [0.05, 0.1) is 0 Å². The van der Waals surface area contributed by atoms with Gasteiger partial charge < -0.3 is 5.32 Å². The third-order valence-corrected chi connectivity index (χ3v) is 3.23. The van der Waals surface area contributed by atoms with Gasteiger partial charge in [0.25, 0.3) is 0 Å².